The quantitative estimate of drug-likeness (QED) is 0.559. The predicted octanol–water partition coefficient (Wildman–Crippen LogP) is 3.63. The summed E-state index contributed by atoms with van der Waals surface area (Å²) in [7, 11) is 0. The van der Waals surface area contributed by atoms with E-state index in [9.17, 15) is 0 Å². The summed E-state index contributed by atoms with van der Waals surface area (Å²) >= 11 is 0. The molecule has 6 nitrogen and oxygen atoms in total. The molecule has 1 aliphatic rings. The number of pyridine rings is 1. The van der Waals surface area contributed by atoms with Crippen molar-refractivity contribution in [3.63, 3.8) is 0 Å². The first kappa shape index (κ1) is 16.2. The number of aryl methyl sites for hydroxylation is 2. The normalized spacial score (nSPS) is 17.3. The summed E-state index contributed by atoms with van der Waals surface area (Å²) in [5.74, 6) is 1.29. The van der Waals surface area contributed by atoms with E-state index in [1.807, 2.05) is 19.1 Å². The highest BCUT2D eigenvalue weighted by atomic mass is 16.4. The van der Waals surface area contributed by atoms with Crippen LogP contribution in [0.4, 0.5) is 0 Å². The summed E-state index contributed by atoms with van der Waals surface area (Å²) in [6, 6.07) is 14.8. The van der Waals surface area contributed by atoms with Crippen LogP contribution < -0.4 is 0 Å². The minimum Gasteiger partial charge on any atom is -0.424 e. The third-order valence-electron chi connectivity index (χ3n) is 5.28. The average Bonchev–Trinajstić information content (AvgIpc) is 3.28. The Bertz CT molecular complexity index is 1110. The van der Waals surface area contributed by atoms with E-state index >= 15 is 0 Å². The molecule has 0 aliphatic carbocycles. The Labute approximate surface area is 157 Å². The molecule has 1 aromatic carbocycles. The summed E-state index contributed by atoms with van der Waals surface area (Å²) < 4.78 is 7.93. The van der Waals surface area contributed by atoms with Gasteiger partial charge in [-0.05, 0) is 36.6 Å². The van der Waals surface area contributed by atoms with Crippen molar-refractivity contribution in [2.45, 2.75) is 39.4 Å². The molecular weight excluding hydrogens is 338 g/mol. The van der Waals surface area contributed by atoms with Gasteiger partial charge in [0, 0.05) is 31.9 Å². The van der Waals surface area contributed by atoms with Crippen LogP contribution in [0.25, 0.3) is 5.65 Å². The van der Waals surface area contributed by atoms with Crippen molar-refractivity contribution in [2.24, 2.45) is 0 Å². The molecule has 4 aromatic rings. The first-order chi connectivity index (χ1) is 13.2. The van der Waals surface area contributed by atoms with Crippen molar-refractivity contribution in [1.29, 1.82) is 0 Å². The van der Waals surface area contributed by atoms with Crippen LogP contribution >= 0.6 is 0 Å². The number of rotatable bonds is 3. The van der Waals surface area contributed by atoms with Gasteiger partial charge in [0.1, 0.15) is 5.65 Å². The molecule has 0 N–H and O–H groups in total. The van der Waals surface area contributed by atoms with Gasteiger partial charge in [0.05, 0.1) is 11.7 Å². The van der Waals surface area contributed by atoms with E-state index in [0.717, 1.165) is 30.9 Å². The first-order valence-corrected chi connectivity index (χ1v) is 9.22. The van der Waals surface area contributed by atoms with Crippen LogP contribution in [0.2, 0.25) is 0 Å². The molecule has 0 saturated heterocycles. The molecule has 0 unspecified atom stereocenters. The third kappa shape index (κ3) is 2.92. The molecule has 0 spiro atoms. The molecule has 0 amide bonds. The van der Waals surface area contributed by atoms with E-state index in [4.69, 9.17) is 9.40 Å². The molecule has 136 valence electrons. The summed E-state index contributed by atoms with van der Waals surface area (Å²) in [5.41, 5.74) is 5.90. The number of benzene rings is 1. The van der Waals surface area contributed by atoms with Crippen molar-refractivity contribution in [2.75, 3.05) is 0 Å². The second kappa shape index (κ2) is 6.32. The second-order valence-corrected chi connectivity index (χ2v) is 7.18. The van der Waals surface area contributed by atoms with Gasteiger partial charge in [-0.1, -0.05) is 30.3 Å². The Balaban J connectivity index is 1.51. The number of nitrogens with zero attached hydrogens (tertiary/aromatic N) is 5. The lowest BCUT2D eigenvalue weighted by atomic mass is 9.94. The van der Waals surface area contributed by atoms with E-state index in [1.165, 1.54) is 16.8 Å². The molecule has 1 atom stereocenters. The maximum Gasteiger partial charge on any atom is 0.233 e. The lowest BCUT2D eigenvalue weighted by Crippen LogP contribution is -2.34. The summed E-state index contributed by atoms with van der Waals surface area (Å²) in [6.07, 6.45) is 2.99. The van der Waals surface area contributed by atoms with Gasteiger partial charge in [0.25, 0.3) is 0 Å². The van der Waals surface area contributed by atoms with Crippen LogP contribution in [0.3, 0.4) is 0 Å². The average molecular weight is 359 g/mol. The van der Waals surface area contributed by atoms with Crippen molar-refractivity contribution in [3.05, 3.63) is 83.0 Å². The summed E-state index contributed by atoms with van der Waals surface area (Å²) in [5, 5.41) is 8.35. The third-order valence-corrected chi connectivity index (χ3v) is 5.28. The number of fused-ring (bicyclic) bond motifs is 2. The fourth-order valence-corrected chi connectivity index (χ4v) is 3.92. The smallest absolute Gasteiger partial charge is 0.233 e. The van der Waals surface area contributed by atoms with Crippen molar-refractivity contribution < 1.29 is 4.42 Å². The zero-order valence-electron chi connectivity index (χ0n) is 15.5. The number of hydrogen-bond donors (Lipinski definition) is 0. The molecule has 0 saturated carbocycles. The van der Waals surface area contributed by atoms with E-state index in [1.54, 1.807) is 0 Å². The topological polar surface area (TPSA) is 59.5 Å². The fourth-order valence-electron chi connectivity index (χ4n) is 3.92. The molecule has 0 fully saturated rings. The summed E-state index contributed by atoms with van der Waals surface area (Å²) in [6.45, 7) is 5.51. The highest BCUT2D eigenvalue weighted by molar-refractivity contribution is 5.41. The van der Waals surface area contributed by atoms with Crippen molar-refractivity contribution >= 4 is 5.65 Å². The van der Waals surface area contributed by atoms with Crippen LogP contribution in [-0.2, 0) is 19.5 Å². The zero-order chi connectivity index (χ0) is 18.4. The molecule has 1 aliphatic heterocycles. The van der Waals surface area contributed by atoms with E-state index in [2.05, 4.69) is 63.0 Å². The van der Waals surface area contributed by atoms with Gasteiger partial charge in [0.2, 0.25) is 11.8 Å². The van der Waals surface area contributed by atoms with E-state index < -0.39 is 0 Å². The van der Waals surface area contributed by atoms with Gasteiger partial charge < -0.3 is 8.82 Å². The Morgan fingerprint density at radius 3 is 2.67 bits per heavy atom. The Morgan fingerprint density at radius 1 is 1.04 bits per heavy atom. The minimum absolute atomic E-state index is 0.0620. The maximum atomic E-state index is 5.79. The van der Waals surface area contributed by atoms with Crippen molar-refractivity contribution in [3.8, 4) is 0 Å². The number of hydrogen-bond acceptors (Lipinski definition) is 5. The molecule has 0 radical (unpaired) electrons. The van der Waals surface area contributed by atoms with Gasteiger partial charge in [0.15, 0.2) is 0 Å². The molecule has 4 heterocycles. The Morgan fingerprint density at radius 2 is 1.89 bits per heavy atom. The van der Waals surface area contributed by atoms with Gasteiger partial charge >= 0.3 is 0 Å². The highest BCUT2D eigenvalue weighted by Gasteiger charge is 2.31. The fraction of sp³-hybridized carbons (Fsp3) is 0.286. The Hall–Kier alpha value is -2.99. The highest BCUT2D eigenvalue weighted by Crippen LogP contribution is 2.33. The molecular formula is C21H21N5O. The van der Waals surface area contributed by atoms with Gasteiger partial charge in [-0.15, -0.1) is 10.2 Å². The van der Waals surface area contributed by atoms with Crippen LogP contribution in [-0.4, -0.2) is 24.5 Å². The molecule has 27 heavy (non-hydrogen) atoms. The lowest BCUT2D eigenvalue weighted by Gasteiger charge is -2.34. The van der Waals surface area contributed by atoms with Crippen LogP contribution in [0.15, 0.2) is 53.1 Å². The standard InChI is InChI=1S/C21H21N5O/c1-14-6-5-9-20-22-18(13-26(14)20)12-25-11-17-8-4-3-7-16(17)10-19(25)21-24-23-15(2)27-21/h3-9,13,19H,10-12H2,1-2H3/t19-/m0/s1. The molecule has 6 heteroatoms. The van der Waals surface area contributed by atoms with E-state index in [0.29, 0.717) is 11.8 Å². The Kier molecular flexibility index (Phi) is 3.79. The van der Waals surface area contributed by atoms with Gasteiger partial charge in [-0.3, -0.25) is 4.90 Å². The van der Waals surface area contributed by atoms with Crippen molar-refractivity contribution in [1.82, 2.24) is 24.5 Å². The van der Waals surface area contributed by atoms with Crippen LogP contribution in [0.5, 0.6) is 0 Å². The summed E-state index contributed by atoms with van der Waals surface area (Å²) in [4.78, 5) is 7.19. The predicted molar refractivity (Wildman–Crippen MR) is 101 cm³/mol. The molecule has 3 aromatic heterocycles. The lowest BCUT2D eigenvalue weighted by molar-refractivity contribution is 0.136. The van der Waals surface area contributed by atoms with Gasteiger partial charge in [-0.2, -0.15) is 0 Å². The SMILES string of the molecule is Cc1nnc([C@@H]2Cc3ccccc3CN2Cc2cn3c(C)cccc3n2)o1. The molecule has 0 bridgehead atoms. The number of imidazole rings is 1. The molecule has 5 rings (SSSR count). The maximum absolute atomic E-state index is 5.79. The van der Waals surface area contributed by atoms with Crippen LogP contribution in [0, 0.1) is 13.8 Å². The largest absolute Gasteiger partial charge is 0.424 e. The van der Waals surface area contributed by atoms with Gasteiger partial charge in [-0.25, -0.2) is 4.98 Å². The second-order valence-electron chi connectivity index (χ2n) is 7.18. The zero-order valence-corrected chi connectivity index (χ0v) is 15.5. The number of aromatic nitrogens is 4. The first-order valence-electron chi connectivity index (χ1n) is 9.22. The monoisotopic (exact) mass is 359 g/mol. The van der Waals surface area contributed by atoms with E-state index in [-0.39, 0.29) is 6.04 Å². The minimum atomic E-state index is 0.0620. The van der Waals surface area contributed by atoms with Crippen LogP contribution in [0.1, 0.15) is 40.3 Å².